The number of fused-ring (bicyclic) bond motifs is 1. The summed E-state index contributed by atoms with van der Waals surface area (Å²) in [6.07, 6.45) is 0. The van der Waals surface area contributed by atoms with Crippen LogP contribution in [0.3, 0.4) is 0 Å². The average Bonchev–Trinajstić information content (AvgIpc) is 3.24. The zero-order chi connectivity index (χ0) is 15.4. The number of hydrogen-bond donors (Lipinski definition) is 0. The number of rotatable bonds is 1. The van der Waals surface area contributed by atoms with Gasteiger partial charge in [-0.2, -0.15) is 12.1 Å². The van der Waals surface area contributed by atoms with E-state index in [0.717, 1.165) is 10.0 Å². The molecule has 0 bridgehead atoms. The van der Waals surface area contributed by atoms with Crippen LogP contribution >= 0.6 is 15.9 Å². The third-order valence-corrected chi connectivity index (χ3v) is 3.69. The summed E-state index contributed by atoms with van der Waals surface area (Å²) in [6.45, 7) is 0. The minimum Gasteiger partial charge on any atom is -0.748 e. The maximum absolute atomic E-state index is 12.0. The van der Waals surface area contributed by atoms with Gasteiger partial charge in [-0.1, -0.05) is 21.5 Å². The zero-order valence-corrected chi connectivity index (χ0v) is 14.7. The molecule has 0 amide bonds. The van der Waals surface area contributed by atoms with Crippen LogP contribution in [-0.2, 0) is 17.1 Å². The van der Waals surface area contributed by atoms with Crippen molar-refractivity contribution in [1.29, 1.82) is 0 Å². The van der Waals surface area contributed by atoms with Crippen molar-refractivity contribution in [2.75, 3.05) is 0 Å². The predicted octanol–water partition coefficient (Wildman–Crippen LogP) is 5.34. The second-order valence-corrected chi connectivity index (χ2v) is 5.67. The molecule has 2 nitrogen and oxygen atoms in total. The average molecular weight is 409 g/mol. The van der Waals surface area contributed by atoms with Crippen molar-refractivity contribution in [2.45, 2.75) is 0 Å². The number of halogens is 1. The van der Waals surface area contributed by atoms with Gasteiger partial charge >= 0.3 is 0 Å². The van der Waals surface area contributed by atoms with Gasteiger partial charge in [0.1, 0.15) is 5.58 Å². The van der Waals surface area contributed by atoms with E-state index in [4.69, 9.17) is 4.42 Å². The molecule has 4 rings (SSSR count). The molecular weight excluding hydrogens is 396 g/mol. The summed E-state index contributed by atoms with van der Waals surface area (Å²) in [5.41, 5.74) is 1.51. The minimum atomic E-state index is -0.0243. The third-order valence-electron chi connectivity index (χ3n) is 3.19. The molecule has 1 heterocycles. The molecule has 0 fully saturated rings. The molecule has 4 aromatic rings. The molecule has 1 aromatic heterocycles. The molecule has 0 saturated heterocycles. The Bertz CT molecular complexity index is 889. The van der Waals surface area contributed by atoms with Crippen LogP contribution in [0.2, 0.25) is 0 Å². The van der Waals surface area contributed by atoms with Gasteiger partial charge in [0, 0.05) is 21.5 Å². The van der Waals surface area contributed by atoms with E-state index in [1.165, 1.54) is 6.07 Å². The summed E-state index contributed by atoms with van der Waals surface area (Å²) < 4.78 is 6.59. The van der Waals surface area contributed by atoms with Crippen molar-refractivity contribution >= 4 is 26.9 Å². The molecule has 0 aliphatic heterocycles. The van der Waals surface area contributed by atoms with Gasteiger partial charge in [0.05, 0.1) is 11.1 Å². The maximum Gasteiger partial charge on any atom is 0.153 e. The first kappa shape index (κ1) is 17.5. The van der Waals surface area contributed by atoms with E-state index in [2.05, 4.69) is 15.9 Å². The van der Waals surface area contributed by atoms with E-state index >= 15 is 0 Å². The summed E-state index contributed by atoms with van der Waals surface area (Å²) in [4.78, 5) is 12.0. The molecule has 0 N–H and O–H groups in total. The van der Waals surface area contributed by atoms with Crippen LogP contribution in [0.25, 0.3) is 22.3 Å². The summed E-state index contributed by atoms with van der Waals surface area (Å²) in [6, 6.07) is 24.6. The predicted molar refractivity (Wildman–Crippen MR) is 93.2 cm³/mol. The largest absolute Gasteiger partial charge is 0.748 e. The number of hydrogen-bond acceptors (Lipinski definition) is 2. The molecule has 0 atom stereocenters. The van der Waals surface area contributed by atoms with E-state index in [1.807, 2.05) is 60.7 Å². The van der Waals surface area contributed by atoms with Crippen LogP contribution in [0.15, 0.2) is 92.5 Å². The first-order valence-corrected chi connectivity index (χ1v) is 7.65. The van der Waals surface area contributed by atoms with E-state index in [1.54, 1.807) is 12.1 Å². The Kier molecular flexibility index (Phi) is 6.17. The molecule has 0 aliphatic carbocycles. The summed E-state index contributed by atoms with van der Waals surface area (Å²) in [5, 5.41) is 0.592. The van der Waals surface area contributed by atoms with Gasteiger partial charge in [0.15, 0.2) is 5.43 Å². The molecule has 3 aromatic carbocycles. The van der Waals surface area contributed by atoms with Crippen molar-refractivity contribution in [3.8, 4) is 11.3 Å². The van der Waals surface area contributed by atoms with E-state index in [0.29, 0.717) is 16.7 Å². The minimum absolute atomic E-state index is 0. The molecular formula is C19H13BrFeO2-6. The van der Waals surface area contributed by atoms with Gasteiger partial charge in [-0.15, -0.1) is 12.1 Å². The Morgan fingerprint density at radius 1 is 0.957 bits per heavy atom. The second-order valence-electron chi connectivity index (χ2n) is 4.75. The van der Waals surface area contributed by atoms with Gasteiger partial charge in [-0.25, -0.2) is 0 Å². The van der Waals surface area contributed by atoms with Crippen LogP contribution in [0, 0.1) is 0 Å². The standard InChI is InChI=1S/C14H8BrO2.C5H5.Fe/c15-10-5-6-13-11(7-10)12(16)8-14(17-13)9-3-1-2-4-9;1-2-4-5-3-1;/h1-8H;1-5H;/q-1;-5;. The summed E-state index contributed by atoms with van der Waals surface area (Å²) in [5.74, 6) is 0.606. The normalized spacial score (nSPS) is 9.78. The molecule has 4 heteroatoms. The van der Waals surface area contributed by atoms with Crippen LogP contribution < -0.4 is 5.43 Å². The van der Waals surface area contributed by atoms with E-state index < -0.39 is 0 Å². The van der Waals surface area contributed by atoms with E-state index in [-0.39, 0.29) is 22.5 Å². The molecule has 0 unspecified atom stereocenters. The second kappa shape index (κ2) is 8.11. The van der Waals surface area contributed by atoms with Gasteiger partial charge < -0.3 is 39.5 Å². The summed E-state index contributed by atoms with van der Waals surface area (Å²) in [7, 11) is 0. The first-order chi connectivity index (χ1) is 10.7. The zero-order valence-electron chi connectivity index (χ0n) is 12.1. The van der Waals surface area contributed by atoms with Gasteiger partial charge in [0.2, 0.25) is 0 Å². The SMILES string of the molecule is O=c1cc(-[c-]2cccc2)oc2ccc(Br)cc12.[Fe].[cH-]1[cH-][cH-][cH-][cH-]1. The van der Waals surface area contributed by atoms with Crippen molar-refractivity contribution in [2.24, 2.45) is 0 Å². The van der Waals surface area contributed by atoms with Crippen molar-refractivity contribution < 1.29 is 21.5 Å². The van der Waals surface area contributed by atoms with Crippen LogP contribution in [0.4, 0.5) is 0 Å². The Morgan fingerprint density at radius 3 is 2.17 bits per heavy atom. The molecule has 122 valence electrons. The van der Waals surface area contributed by atoms with Crippen molar-refractivity contribution in [3.63, 3.8) is 0 Å². The first-order valence-electron chi connectivity index (χ1n) is 6.86. The summed E-state index contributed by atoms with van der Waals surface area (Å²) >= 11 is 3.34. The topological polar surface area (TPSA) is 30.2 Å². The van der Waals surface area contributed by atoms with E-state index in [9.17, 15) is 4.79 Å². The Morgan fingerprint density at radius 2 is 1.57 bits per heavy atom. The fraction of sp³-hybridized carbons (Fsp3) is 0. The molecule has 0 spiro atoms. The Balaban J connectivity index is 0.000000276. The maximum atomic E-state index is 12.0. The Labute approximate surface area is 153 Å². The van der Waals surface area contributed by atoms with Crippen LogP contribution in [-0.4, -0.2) is 0 Å². The Hall–Kier alpha value is -1.87. The fourth-order valence-corrected chi connectivity index (χ4v) is 2.49. The van der Waals surface area contributed by atoms with Gasteiger partial charge in [-0.3, -0.25) is 0 Å². The van der Waals surface area contributed by atoms with Gasteiger partial charge in [-0.05, 0) is 24.3 Å². The smallest absolute Gasteiger partial charge is 0.153 e. The molecule has 0 aliphatic rings. The number of benzene rings is 1. The van der Waals surface area contributed by atoms with Gasteiger partial charge in [0.25, 0.3) is 0 Å². The van der Waals surface area contributed by atoms with Crippen LogP contribution in [0.5, 0.6) is 0 Å². The fourth-order valence-electron chi connectivity index (χ4n) is 2.13. The third kappa shape index (κ3) is 4.32. The molecule has 0 radical (unpaired) electrons. The molecule has 0 saturated carbocycles. The van der Waals surface area contributed by atoms with Crippen molar-refractivity contribution in [1.82, 2.24) is 0 Å². The molecule has 23 heavy (non-hydrogen) atoms. The monoisotopic (exact) mass is 408 g/mol. The van der Waals surface area contributed by atoms with Crippen LogP contribution in [0.1, 0.15) is 0 Å². The quantitative estimate of drug-likeness (QED) is 0.314. The van der Waals surface area contributed by atoms with Crippen molar-refractivity contribution in [3.05, 3.63) is 93.6 Å².